The maximum atomic E-state index is 14.0. The molecule has 1 aliphatic rings. The second-order valence-electron chi connectivity index (χ2n) is 9.06. The highest BCUT2D eigenvalue weighted by Gasteiger charge is 2.52. The molecule has 1 unspecified atom stereocenters. The summed E-state index contributed by atoms with van der Waals surface area (Å²) >= 11 is 0. The molecule has 3 aromatic carbocycles. The highest BCUT2D eigenvalue weighted by Crippen LogP contribution is 2.49. The van der Waals surface area contributed by atoms with Gasteiger partial charge in [-0.3, -0.25) is 9.69 Å². The average molecular weight is 442 g/mol. The Morgan fingerprint density at radius 3 is 2.12 bits per heavy atom. The third-order valence-corrected chi connectivity index (χ3v) is 6.79. The Morgan fingerprint density at radius 1 is 0.818 bits per heavy atom. The first-order chi connectivity index (χ1) is 16.1. The molecule has 0 fully saturated rings. The van der Waals surface area contributed by atoms with Gasteiger partial charge in [-0.25, -0.2) is 10.0 Å². The summed E-state index contributed by atoms with van der Waals surface area (Å²) in [5, 5.41) is 3.75. The van der Waals surface area contributed by atoms with Crippen LogP contribution >= 0.6 is 0 Å². The van der Waals surface area contributed by atoms with E-state index >= 15 is 0 Å². The number of unbranched alkanes of at least 4 members (excludes halogenated alkanes) is 1. The fourth-order valence-corrected chi connectivity index (χ4v) is 5.13. The van der Waals surface area contributed by atoms with Gasteiger partial charge in [-0.2, -0.15) is 0 Å². The van der Waals surface area contributed by atoms with E-state index in [2.05, 4.69) is 72.5 Å². The number of anilines is 1. The predicted molar refractivity (Wildman–Crippen MR) is 136 cm³/mol. The lowest BCUT2D eigenvalue weighted by Gasteiger charge is -2.31. The summed E-state index contributed by atoms with van der Waals surface area (Å²) in [7, 11) is 3.89. The van der Waals surface area contributed by atoms with Crippen LogP contribution in [0.5, 0.6) is 0 Å². The van der Waals surface area contributed by atoms with Crippen molar-refractivity contribution in [2.24, 2.45) is 0 Å². The smallest absolute Gasteiger partial charge is 0.256 e. The summed E-state index contributed by atoms with van der Waals surface area (Å²) in [6.45, 7) is 5.25. The van der Waals surface area contributed by atoms with Crippen LogP contribution in [0.2, 0.25) is 0 Å². The van der Waals surface area contributed by atoms with E-state index in [1.165, 1.54) is 5.56 Å². The number of carbonyl (C=O) groups excluding carboxylic acids is 1. The topological polar surface area (TPSA) is 26.8 Å². The summed E-state index contributed by atoms with van der Waals surface area (Å²) < 4.78 is 0. The fraction of sp³-hybridized carbons (Fsp3) is 0.345. The van der Waals surface area contributed by atoms with E-state index < -0.39 is 5.41 Å². The van der Waals surface area contributed by atoms with Gasteiger partial charge in [0.25, 0.3) is 5.91 Å². The van der Waals surface area contributed by atoms with Crippen LogP contribution in [-0.2, 0) is 16.8 Å². The first-order valence-electron chi connectivity index (χ1n) is 12.0. The van der Waals surface area contributed by atoms with Crippen LogP contribution in [0.1, 0.15) is 42.9 Å². The molecule has 0 saturated carbocycles. The molecule has 1 atom stereocenters. The normalized spacial score (nSPS) is 17.7. The quantitative estimate of drug-likeness (QED) is 0.389. The molecule has 1 aliphatic heterocycles. The number of hydrogen-bond acceptors (Lipinski definition) is 3. The lowest BCUT2D eigenvalue weighted by Crippen LogP contribution is -2.47. The molecule has 1 amide bonds. The molecule has 1 heterocycles. The molecule has 4 rings (SSSR count). The van der Waals surface area contributed by atoms with Crippen LogP contribution in [0.25, 0.3) is 0 Å². The van der Waals surface area contributed by atoms with Gasteiger partial charge in [0.05, 0.1) is 5.69 Å². The summed E-state index contributed by atoms with van der Waals surface area (Å²) in [6.07, 6.45) is 2.86. The van der Waals surface area contributed by atoms with Crippen LogP contribution in [0.4, 0.5) is 5.69 Å². The highest BCUT2D eigenvalue weighted by atomic mass is 16.2. The molecule has 0 spiro atoms. The number of hydrazine groups is 1. The summed E-state index contributed by atoms with van der Waals surface area (Å²) in [4.78, 5) is 16.5. The largest absolute Gasteiger partial charge is 0.299 e. The Labute approximate surface area is 198 Å². The molecule has 0 saturated heterocycles. The van der Waals surface area contributed by atoms with Crippen molar-refractivity contribution in [2.45, 2.75) is 38.1 Å². The van der Waals surface area contributed by atoms with Crippen molar-refractivity contribution in [3.8, 4) is 0 Å². The van der Waals surface area contributed by atoms with Crippen molar-refractivity contribution in [3.63, 3.8) is 0 Å². The second kappa shape index (κ2) is 10.3. The summed E-state index contributed by atoms with van der Waals surface area (Å²) in [5.74, 6) is 0.150. The zero-order chi connectivity index (χ0) is 23.3. The lowest BCUT2D eigenvalue weighted by atomic mass is 9.72. The zero-order valence-corrected chi connectivity index (χ0v) is 20.1. The molecule has 0 bridgehead atoms. The van der Waals surface area contributed by atoms with Gasteiger partial charge in [-0.05, 0) is 48.7 Å². The highest BCUT2D eigenvalue weighted by molar-refractivity contribution is 6.09. The minimum atomic E-state index is -0.640. The maximum absolute atomic E-state index is 14.0. The van der Waals surface area contributed by atoms with Gasteiger partial charge in [-0.15, -0.1) is 0 Å². The van der Waals surface area contributed by atoms with Gasteiger partial charge in [0.1, 0.15) is 5.41 Å². The third-order valence-electron chi connectivity index (χ3n) is 6.79. The molecule has 33 heavy (non-hydrogen) atoms. The van der Waals surface area contributed by atoms with Gasteiger partial charge in [-0.1, -0.05) is 92.2 Å². The number of benzene rings is 3. The van der Waals surface area contributed by atoms with E-state index in [1.807, 2.05) is 48.4 Å². The van der Waals surface area contributed by atoms with Crippen molar-refractivity contribution in [3.05, 3.63) is 102 Å². The standard InChI is InChI=1S/C29H35N3O/c1-4-31(23-24-15-7-5-8-16-24)22-14-13-21-29(25-17-9-6-10-18-25)26-19-11-12-20-27(26)32(28(29)33)30(2)3/h5-12,15-20H,4,13-14,21-23H2,1-3H3. The monoisotopic (exact) mass is 441 g/mol. The van der Waals surface area contributed by atoms with Crippen molar-refractivity contribution >= 4 is 11.6 Å². The van der Waals surface area contributed by atoms with Crippen molar-refractivity contribution in [2.75, 3.05) is 32.2 Å². The van der Waals surface area contributed by atoms with Crippen molar-refractivity contribution < 1.29 is 4.79 Å². The minimum absolute atomic E-state index is 0.150. The van der Waals surface area contributed by atoms with Gasteiger partial charge in [0.15, 0.2) is 0 Å². The molecule has 4 heteroatoms. The van der Waals surface area contributed by atoms with E-state index in [4.69, 9.17) is 0 Å². The lowest BCUT2D eigenvalue weighted by molar-refractivity contribution is -0.124. The first-order valence-corrected chi connectivity index (χ1v) is 12.0. The van der Waals surface area contributed by atoms with E-state index in [0.717, 1.165) is 55.7 Å². The van der Waals surface area contributed by atoms with Crippen LogP contribution in [0.15, 0.2) is 84.9 Å². The van der Waals surface area contributed by atoms with Crippen molar-refractivity contribution in [1.82, 2.24) is 9.91 Å². The van der Waals surface area contributed by atoms with E-state index in [1.54, 1.807) is 0 Å². The Morgan fingerprint density at radius 2 is 1.45 bits per heavy atom. The van der Waals surface area contributed by atoms with E-state index in [9.17, 15) is 4.79 Å². The molecule has 0 N–H and O–H groups in total. The molecule has 0 radical (unpaired) electrons. The van der Waals surface area contributed by atoms with Crippen LogP contribution < -0.4 is 5.01 Å². The number of nitrogens with zero attached hydrogens (tertiary/aromatic N) is 3. The fourth-order valence-electron chi connectivity index (χ4n) is 5.13. The Kier molecular flexibility index (Phi) is 7.26. The molecule has 4 nitrogen and oxygen atoms in total. The second-order valence-corrected chi connectivity index (χ2v) is 9.06. The number of hydrogen-bond donors (Lipinski definition) is 0. The molecule has 3 aromatic rings. The van der Waals surface area contributed by atoms with Crippen LogP contribution in [-0.4, -0.2) is 43.0 Å². The van der Waals surface area contributed by atoms with E-state index in [0.29, 0.717) is 0 Å². The molecule has 0 aromatic heterocycles. The summed E-state index contributed by atoms with van der Waals surface area (Å²) in [6, 6.07) is 29.3. The van der Waals surface area contributed by atoms with Crippen LogP contribution in [0.3, 0.4) is 0 Å². The number of fused-ring (bicyclic) bond motifs is 1. The van der Waals surface area contributed by atoms with Gasteiger partial charge < -0.3 is 0 Å². The number of rotatable bonds is 10. The number of amides is 1. The number of para-hydroxylation sites is 1. The Hall–Kier alpha value is -2.95. The van der Waals surface area contributed by atoms with Gasteiger partial charge >= 0.3 is 0 Å². The minimum Gasteiger partial charge on any atom is -0.299 e. The SMILES string of the molecule is CCN(CCCCC1(c2ccccc2)C(=O)N(N(C)C)c2ccccc21)Cc1ccccc1. The maximum Gasteiger partial charge on any atom is 0.256 e. The van der Waals surface area contributed by atoms with Crippen molar-refractivity contribution in [1.29, 1.82) is 0 Å². The van der Waals surface area contributed by atoms with Gasteiger partial charge in [0.2, 0.25) is 0 Å². The van der Waals surface area contributed by atoms with E-state index in [-0.39, 0.29) is 5.91 Å². The molecular formula is C29H35N3O. The molecule has 172 valence electrons. The molecular weight excluding hydrogens is 406 g/mol. The zero-order valence-electron chi connectivity index (χ0n) is 20.1. The molecule has 0 aliphatic carbocycles. The average Bonchev–Trinajstić information content (AvgIpc) is 3.10. The first kappa shape index (κ1) is 23.2. The number of carbonyl (C=O) groups is 1. The Balaban J connectivity index is 1.55. The Bertz CT molecular complexity index is 1050. The van der Waals surface area contributed by atoms with Crippen LogP contribution in [0, 0.1) is 0 Å². The van der Waals surface area contributed by atoms with Gasteiger partial charge in [0, 0.05) is 20.6 Å². The predicted octanol–water partition coefficient (Wildman–Crippen LogP) is 5.49. The summed E-state index contributed by atoms with van der Waals surface area (Å²) in [5.41, 5.74) is 3.91. The third kappa shape index (κ3) is 4.59.